The first-order valence-electron chi connectivity index (χ1n) is 8.18. The molecule has 2 N–H and O–H groups in total. The van der Waals surface area contributed by atoms with Crippen LogP contribution >= 0.6 is 12.9 Å². The lowest BCUT2D eigenvalue weighted by atomic mass is 9.95. The highest BCUT2D eigenvalue weighted by Gasteiger charge is 2.31. The van der Waals surface area contributed by atoms with Gasteiger partial charge in [0.25, 0.3) is 0 Å². The van der Waals surface area contributed by atoms with Gasteiger partial charge in [-0.1, -0.05) is 26.0 Å². The number of phenols is 1. The van der Waals surface area contributed by atoms with E-state index in [0.29, 0.717) is 16.9 Å². The molecule has 0 fully saturated rings. The van der Waals surface area contributed by atoms with Crippen LogP contribution in [0.3, 0.4) is 0 Å². The smallest absolute Gasteiger partial charge is 0.342 e. The van der Waals surface area contributed by atoms with Crippen LogP contribution in [0.4, 0.5) is 0 Å². The van der Waals surface area contributed by atoms with Crippen molar-refractivity contribution in [1.82, 2.24) is 0 Å². The van der Waals surface area contributed by atoms with Gasteiger partial charge in [-0.25, -0.2) is 4.79 Å². The average molecular weight is 384 g/mol. The molecule has 1 unspecified atom stereocenters. The molecule has 144 valence electrons. The van der Waals surface area contributed by atoms with Crippen molar-refractivity contribution >= 4 is 24.8 Å². The van der Waals surface area contributed by atoms with Crippen molar-refractivity contribution in [2.75, 3.05) is 7.11 Å². The van der Waals surface area contributed by atoms with Crippen LogP contribution in [-0.4, -0.2) is 35.4 Å². The second kappa shape index (κ2) is 10.1. The van der Waals surface area contributed by atoms with Crippen LogP contribution in [0.25, 0.3) is 0 Å². The molecule has 2 rings (SSSR count). The molecular weight excluding hydrogens is 360 g/mol. The highest BCUT2D eigenvalue weighted by atomic mass is 32.1. The van der Waals surface area contributed by atoms with Crippen LogP contribution in [0.15, 0.2) is 12.2 Å². The third-order valence-electron chi connectivity index (χ3n) is 3.81. The van der Waals surface area contributed by atoms with Crippen molar-refractivity contribution in [3.05, 3.63) is 34.4 Å². The summed E-state index contributed by atoms with van der Waals surface area (Å²) in [5, 5.41) is 20.1. The number of ether oxygens (including phenoxy) is 2. The lowest BCUT2D eigenvalue weighted by Crippen LogP contribution is -2.10. The van der Waals surface area contributed by atoms with E-state index in [0.717, 1.165) is 5.56 Å². The molecule has 1 aliphatic heterocycles. The SMILES string of the molecule is CC.COc1c(C)c2c(c(O)c1C/C=C/C(O)CC(=O)OS)C(=O)OC2. The largest absolute Gasteiger partial charge is 0.507 e. The molecule has 1 aliphatic rings. The first kappa shape index (κ1) is 21.9. The lowest BCUT2D eigenvalue weighted by Gasteiger charge is -2.15. The van der Waals surface area contributed by atoms with Crippen LogP contribution in [-0.2, 0) is 26.7 Å². The number of allylic oxidation sites excluding steroid dienone is 1. The fourth-order valence-corrected chi connectivity index (χ4v) is 2.72. The van der Waals surface area contributed by atoms with E-state index in [-0.39, 0.29) is 30.8 Å². The molecule has 0 amide bonds. The minimum Gasteiger partial charge on any atom is -0.507 e. The molecule has 0 saturated heterocycles. The number of phenolic OH excluding ortho intramolecular Hbond substituents is 1. The van der Waals surface area contributed by atoms with E-state index in [1.165, 1.54) is 13.2 Å². The second-order valence-electron chi connectivity index (χ2n) is 5.28. The topological polar surface area (TPSA) is 102 Å². The third-order valence-corrected chi connectivity index (χ3v) is 4.01. The van der Waals surface area contributed by atoms with Gasteiger partial charge in [-0.2, -0.15) is 0 Å². The second-order valence-corrected chi connectivity index (χ2v) is 5.46. The van der Waals surface area contributed by atoms with Gasteiger partial charge in [0.05, 0.1) is 19.6 Å². The summed E-state index contributed by atoms with van der Waals surface area (Å²) in [6.45, 7) is 5.88. The van der Waals surface area contributed by atoms with Gasteiger partial charge in [0.1, 0.15) is 23.7 Å². The van der Waals surface area contributed by atoms with E-state index in [4.69, 9.17) is 9.47 Å². The molecule has 7 nitrogen and oxygen atoms in total. The molecule has 0 aromatic heterocycles. The molecule has 26 heavy (non-hydrogen) atoms. The van der Waals surface area contributed by atoms with Crippen LogP contribution < -0.4 is 4.74 Å². The maximum atomic E-state index is 11.8. The van der Waals surface area contributed by atoms with Crippen LogP contribution in [0, 0.1) is 6.92 Å². The molecule has 1 aromatic carbocycles. The van der Waals surface area contributed by atoms with Gasteiger partial charge in [-0.15, -0.1) is 0 Å². The average Bonchev–Trinajstić information content (AvgIpc) is 3.03. The van der Waals surface area contributed by atoms with Crippen molar-refractivity contribution in [1.29, 1.82) is 0 Å². The normalized spacial score (nSPS) is 13.5. The van der Waals surface area contributed by atoms with Gasteiger partial charge in [0.15, 0.2) is 0 Å². The summed E-state index contributed by atoms with van der Waals surface area (Å²) in [5.74, 6) is -0.968. The summed E-state index contributed by atoms with van der Waals surface area (Å²) in [4.78, 5) is 22.8. The van der Waals surface area contributed by atoms with Gasteiger partial charge in [0.2, 0.25) is 0 Å². The summed E-state index contributed by atoms with van der Waals surface area (Å²) in [6.07, 6.45) is 1.88. The van der Waals surface area contributed by atoms with Crippen molar-refractivity contribution in [2.24, 2.45) is 0 Å². The highest BCUT2D eigenvalue weighted by molar-refractivity contribution is 7.75. The number of carbonyl (C=O) groups excluding carboxylic acids is 2. The lowest BCUT2D eigenvalue weighted by molar-refractivity contribution is -0.134. The van der Waals surface area contributed by atoms with Crippen LogP contribution in [0.1, 0.15) is 47.3 Å². The van der Waals surface area contributed by atoms with E-state index in [1.54, 1.807) is 13.0 Å². The van der Waals surface area contributed by atoms with Gasteiger partial charge < -0.3 is 23.9 Å². The Bertz CT molecular complexity index is 698. The number of benzene rings is 1. The summed E-state index contributed by atoms with van der Waals surface area (Å²) >= 11 is 3.36. The molecule has 1 aromatic rings. The molecule has 0 bridgehead atoms. The van der Waals surface area contributed by atoms with Crippen molar-refractivity contribution < 1.29 is 33.5 Å². The van der Waals surface area contributed by atoms with Crippen LogP contribution in [0.5, 0.6) is 11.5 Å². The molecule has 0 spiro atoms. The summed E-state index contributed by atoms with van der Waals surface area (Å²) in [5.41, 5.74) is 1.89. The van der Waals surface area contributed by atoms with Gasteiger partial charge in [0, 0.05) is 24.0 Å². The molecule has 1 atom stereocenters. The number of rotatable bonds is 6. The Morgan fingerprint density at radius 2 is 2.08 bits per heavy atom. The zero-order valence-corrected chi connectivity index (χ0v) is 16.1. The van der Waals surface area contributed by atoms with E-state index in [1.807, 2.05) is 13.8 Å². The standard InChI is InChI=1S/C16H18O7S.C2H6/c1-8-11-7-22-16(20)13(11)14(19)10(15(8)21-2)5-3-4-9(17)6-12(18)23-24;1-2/h3-4,9,17,19,24H,5-7H2,1-2H3;1-2H3/b4-3+;. The number of cyclic esters (lactones) is 1. The predicted molar refractivity (Wildman–Crippen MR) is 98.4 cm³/mol. The van der Waals surface area contributed by atoms with Crippen molar-refractivity contribution in [2.45, 2.75) is 46.3 Å². The number of aliphatic hydroxyl groups is 1. The molecule has 0 saturated carbocycles. The van der Waals surface area contributed by atoms with Crippen molar-refractivity contribution in [3.63, 3.8) is 0 Å². The Labute approximate surface area is 158 Å². The quantitative estimate of drug-likeness (QED) is 0.300. The first-order chi connectivity index (χ1) is 12.4. The number of esters is 1. The highest BCUT2D eigenvalue weighted by Crippen LogP contribution is 2.41. The minimum absolute atomic E-state index is 0.102. The van der Waals surface area contributed by atoms with Crippen LogP contribution in [0.2, 0.25) is 0 Å². The molecule has 0 aliphatic carbocycles. The van der Waals surface area contributed by atoms with E-state index < -0.39 is 18.0 Å². The predicted octanol–water partition coefficient (Wildman–Crippen LogP) is 2.64. The van der Waals surface area contributed by atoms with Gasteiger partial charge in [-0.05, 0) is 18.9 Å². The minimum atomic E-state index is -1.04. The number of aromatic hydroxyl groups is 1. The maximum absolute atomic E-state index is 11.8. The Kier molecular flexibility index (Phi) is 8.47. The molecule has 0 radical (unpaired) electrons. The maximum Gasteiger partial charge on any atom is 0.342 e. The summed E-state index contributed by atoms with van der Waals surface area (Å²) < 4.78 is 14.5. The molecule has 8 heteroatoms. The number of aliphatic hydroxyl groups excluding tert-OH is 1. The summed E-state index contributed by atoms with van der Waals surface area (Å²) in [7, 11) is 1.47. The number of methoxy groups -OCH3 is 1. The zero-order chi connectivity index (χ0) is 19.9. The monoisotopic (exact) mass is 384 g/mol. The number of hydrogen-bond acceptors (Lipinski definition) is 8. The van der Waals surface area contributed by atoms with E-state index in [2.05, 4.69) is 17.1 Å². The van der Waals surface area contributed by atoms with Gasteiger partial charge >= 0.3 is 11.9 Å². The number of thiol groups is 1. The van der Waals surface area contributed by atoms with E-state index >= 15 is 0 Å². The van der Waals surface area contributed by atoms with E-state index in [9.17, 15) is 19.8 Å². The Hall–Kier alpha value is -2.19. The summed E-state index contributed by atoms with van der Waals surface area (Å²) in [6, 6.07) is 0. The first-order valence-corrected chi connectivity index (χ1v) is 8.54. The van der Waals surface area contributed by atoms with Crippen molar-refractivity contribution in [3.8, 4) is 11.5 Å². The zero-order valence-electron chi connectivity index (χ0n) is 15.2. The molecular formula is C18H24O7S. The fraction of sp³-hybridized carbons (Fsp3) is 0.444. The molecule has 1 heterocycles. The Balaban J connectivity index is 0.00000163. The van der Waals surface area contributed by atoms with Gasteiger partial charge in [-0.3, -0.25) is 4.79 Å². The third kappa shape index (κ3) is 4.70. The Morgan fingerprint density at radius 1 is 1.42 bits per heavy atom. The number of fused-ring (bicyclic) bond motifs is 1. The number of hydrogen-bond donors (Lipinski definition) is 3. The fourth-order valence-electron chi connectivity index (χ4n) is 2.65. The Morgan fingerprint density at radius 3 is 2.65 bits per heavy atom. The number of carbonyl (C=O) groups is 2.